The largest absolute Gasteiger partial charge is 0.392 e. The smallest absolute Gasteiger partial charge is 0.133 e. The van der Waals surface area contributed by atoms with E-state index in [-0.39, 0.29) is 6.61 Å². The molecular formula is C16H14Br2O2. The highest BCUT2D eigenvalue weighted by atomic mass is 79.9. The second-order valence-electron chi connectivity index (χ2n) is 4.37. The van der Waals surface area contributed by atoms with Gasteiger partial charge in [-0.3, -0.25) is 0 Å². The minimum absolute atomic E-state index is 0.116. The summed E-state index contributed by atoms with van der Waals surface area (Å²) in [6.07, 6.45) is 3.16. The van der Waals surface area contributed by atoms with Crippen molar-refractivity contribution in [3.8, 4) is 0 Å². The Hall–Kier alpha value is -0.940. The molecule has 0 radical (unpaired) electrons. The van der Waals surface area contributed by atoms with E-state index in [1.54, 1.807) is 12.2 Å². The molecule has 20 heavy (non-hydrogen) atoms. The SMILES string of the molecule is OC/C=C/C(O)(c1ccc(Br)cc1)c1ccc(Br)cc1. The van der Waals surface area contributed by atoms with E-state index in [9.17, 15) is 5.11 Å². The molecule has 2 nitrogen and oxygen atoms in total. The number of rotatable bonds is 4. The highest BCUT2D eigenvalue weighted by Gasteiger charge is 2.28. The summed E-state index contributed by atoms with van der Waals surface area (Å²) < 4.78 is 1.90. The lowest BCUT2D eigenvalue weighted by Crippen LogP contribution is -2.24. The molecule has 0 heterocycles. The van der Waals surface area contributed by atoms with Gasteiger partial charge in [-0.15, -0.1) is 0 Å². The quantitative estimate of drug-likeness (QED) is 0.765. The lowest BCUT2D eigenvalue weighted by atomic mass is 9.86. The van der Waals surface area contributed by atoms with E-state index < -0.39 is 5.60 Å². The second-order valence-corrected chi connectivity index (χ2v) is 6.20. The van der Waals surface area contributed by atoms with Gasteiger partial charge in [0.1, 0.15) is 5.60 Å². The van der Waals surface area contributed by atoms with Gasteiger partial charge >= 0.3 is 0 Å². The van der Waals surface area contributed by atoms with Crippen molar-refractivity contribution in [3.63, 3.8) is 0 Å². The Morgan fingerprint density at radius 2 is 1.25 bits per heavy atom. The zero-order valence-electron chi connectivity index (χ0n) is 10.6. The van der Waals surface area contributed by atoms with Crippen molar-refractivity contribution in [2.75, 3.05) is 6.61 Å². The molecule has 0 spiro atoms. The van der Waals surface area contributed by atoms with E-state index in [0.717, 1.165) is 20.1 Å². The first kappa shape index (κ1) is 15.4. The van der Waals surface area contributed by atoms with Crippen molar-refractivity contribution in [2.24, 2.45) is 0 Å². The summed E-state index contributed by atoms with van der Waals surface area (Å²) in [7, 11) is 0. The van der Waals surface area contributed by atoms with Crippen molar-refractivity contribution in [1.29, 1.82) is 0 Å². The Morgan fingerprint density at radius 1 is 0.850 bits per heavy atom. The lowest BCUT2D eigenvalue weighted by Gasteiger charge is -2.26. The van der Waals surface area contributed by atoms with Crippen molar-refractivity contribution in [3.05, 3.63) is 80.8 Å². The van der Waals surface area contributed by atoms with Crippen LogP contribution in [0.5, 0.6) is 0 Å². The third-order valence-corrected chi connectivity index (χ3v) is 4.09. The molecule has 4 heteroatoms. The van der Waals surface area contributed by atoms with Crippen LogP contribution in [0.1, 0.15) is 11.1 Å². The lowest BCUT2D eigenvalue weighted by molar-refractivity contribution is 0.133. The van der Waals surface area contributed by atoms with Crippen LogP contribution in [-0.2, 0) is 5.60 Å². The number of aliphatic hydroxyl groups excluding tert-OH is 1. The van der Waals surface area contributed by atoms with E-state index in [0.29, 0.717) is 0 Å². The summed E-state index contributed by atoms with van der Waals surface area (Å²) in [6.45, 7) is -0.116. The van der Waals surface area contributed by atoms with Gasteiger partial charge in [-0.1, -0.05) is 62.2 Å². The first-order valence-corrected chi connectivity index (χ1v) is 7.68. The average molecular weight is 398 g/mol. The molecule has 2 rings (SSSR count). The first-order chi connectivity index (χ1) is 9.56. The van der Waals surface area contributed by atoms with Crippen LogP contribution >= 0.6 is 31.9 Å². The van der Waals surface area contributed by atoms with E-state index in [1.807, 2.05) is 48.5 Å². The minimum Gasteiger partial charge on any atom is -0.392 e. The van der Waals surface area contributed by atoms with Crippen molar-refractivity contribution in [2.45, 2.75) is 5.60 Å². The Kier molecular flexibility index (Phi) is 5.16. The van der Waals surface area contributed by atoms with Gasteiger partial charge in [-0.05, 0) is 41.5 Å². The Bertz CT molecular complexity index is 543. The monoisotopic (exact) mass is 396 g/mol. The predicted molar refractivity (Wildman–Crippen MR) is 87.5 cm³/mol. The van der Waals surface area contributed by atoms with Crippen LogP contribution in [0, 0.1) is 0 Å². The van der Waals surface area contributed by atoms with Gasteiger partial charge in [-0.2, -0.15) is 0 Å². The van der Waals surface area contributed by atoms with E-state index in [2.05, 4.69) is 31.9 Å². The van der Waals surface area contributed by atoms with Crippen LogP contribution in [0.3, 0.4) is 0 Å². The molecule has 0 aliphatic rings. The van der Waals surface area contributed by atoms with E-state index in [1.165, 1.54) is 0 Å². The van der Waals surface area contributed by atoms with Gasteiger partial charge in [0.2, 0.25) is 0 Å². The maximum atomic E-state index is 11.0. The van der Waals surface area contributed by atoms with Crippen LogP contribution in [0.2, 0.25) is 0 Å². The Morgan fingerprint density at radius 3 is 1.60 bits per heavy atom. The third-order valence-electron chi connectivity index (χ3n) is 3.03. The Labute approximate surface area is 135 Å². The van der Waals surface area contributed by atoms with Crippen LogP contribution < -0.4 is 0 Å². The number of halogens is 2. The number of aliphatic hydroxyl groups is 2. The molecule has 2 aromatic rings. The third kappa shape index (κ3) is 3.38. The molecule has 0 aliphatic carbocycles. The molecule has 0 aromatic heterocycles. The first-order valence-electron chi connectivity index (χ1n) is 6.09. The fourth-order valence-corrected chi connectivity index (χ4v) is 2.52. The van der Waals surface area contributed by atoms with Crippen LogP contribution in [0.4, 0.5) is 0 Å². The molecule has 0 atom stereocenters. The highest BCUT2D eigenvalue weighted by Crippen LogP contribution is 2.32. The van der Waals surface area contributed by atoms with Gasteiger partial charge in [0.25, 0.3) is 0 Å². The fraction of sp³-hybridized carbons (Fsp3) is 0.125. The van der Waals surface area contributed by atoms with Crippen molar-refractivity contribution in [1.82, 2.24) is 0 Å². The maximum absolute atomic E-state index is 11.0. The summed E-state index contributed by atoms with van der Waals surface area (Å²) in [6, 6.07) is 14.9. The second kappa shape index (κ2) is 6.68. The molecule has 0 bridgehead atoms. The summed E-state index contributed by atoms with van der Waals surface area (Å²) in [5.41, 5.74) is 0.227. The molecule has 104 valence electrons. The number of benzene rings is 2. The summed E-state index contributed by atoms with van der Waals surface area (Å²) in [5, 5.41) is 20.0. The van der Waals surface area contributed by atoms with Crippen LogP contribution in [0.15, 0.2) is 69.6 Å². The molecule has 0 fully saturated rings. The highest BCUT2D eigenvalue weighted by molar-refractivity contribution is 9.10. The number of hydrogen-bond donors (Lipinski definition) is 2. The predicted octanol–water partition coefficient (Wildman–Crippen LogP) is 4.00. The van der Waals surface area contributed by atoms with E-state index >= 15 is 0 Å². The normalized spacial score (nSPS) is 12.0. The fourth-order valence-electron chi connectivity index (χ4n) is 1.99. The van der Waals surface area contributed by atoms with Gasteiger partial charge in [-0.25, -0.2) is 0 Å². The van der Waals surface area contributed by atoms with E-state index in [4.69, 9.17) is 5.11 Å². The zero-order valence-corrected chi connectivity index (χ0v) is 13.8. The summed E-state index contributed by atoms with van der Waals surface area (Å²) >= 11 is 6.77. The molecule has 0 aliphatic heterocycles. The molecule has 0 amide bonds. The standard InChI is InChI=1S/C16H14Br2O2/c17-14-6-2-12(3-7-14)16(20,10-1-11-19)13-4-8-15(18)9-5-13/h1-10,19-20H,11H2/b10-1+. The molecular weight excluding hydrogens is 384 g/mol. The molecule has 2 N–H and O–H groups in total. The summed E-state index contributed by atoms with van der Waals surface area (Å²) in [5.74, 6) is 0. The molecule has 0 saturated carbocycles. The van der Waals surface area contributed by atoms with Gasteiger partial charge in [0, 0.05) is 8.95 Å². The van der Waals surface area contributed by atoms with Gasteiger partial charge in [0.15, 0.2) is 0 Å². The van der Waals surface area contributed by atoms with Crippen molar-refractivity contribution >= 4 is 31.9 Å². The van der Waals surface area contributed by atoms with Crippen LogP contribution in [-0.4, -0.2) is 16.8 Å². The maximum Gasteiger partial charge on any atom is 0.133 e. The van der Waals surface area contributed by atoms with Crippen LogP contribution in [0.25, 0.3) is 0 Å². The topological polar surface area (TPSA) is 40.5 Å². The minimum atomic E-state index is -1.26. The Balaban J connectivity index is 2.52. The average Bonchev–Trinajstić information content (AvgIpc) is 2.46. The molecule has 0 unspecified atom stereocenters. The zero-order chi connectivity index (χ0) is 14.6. The van der Waals surface area contributed by atoms with Gasteiger partial charge in [0.05, 0.1) is 6.61 Å². The van der Waals surface area contributed by atoms with Gasteiger partial charge < -0.3 is 10.2 Å². The summed E-state index contributed by atoms with van der Waals surface area (Å²) in [4.78, 5) is 0. The number of hydrogen-bond acceptors (Lipinski definition) is 2. The molecule has 2 aromatic carbocycles. The van der Waals surface area contributed by atoms with Crippen molar-refractivity contribution < 1.29 is 10.2 Å². The molecule has 0 saturated heterocycles.